The number of carbonyl (C=O) groups excluding carboxylic acids is 3. The number of hydrogen-bond donors (Lipinski definition) is 1. The molecule has 39 heavy (non-hydrogen) atoms. The van der Waals surface area contributed by atoms with Gasteiger partial charge >= 0.3 is 0 Å². The van der Waals surface area contributed by atoms with Crippen molar-refractivity contribution in [3.8, 4) is 0 Å². The van der Waals surface area contributed by atoms with E-state index in [0.717, 1.165) is 37.7 Å². The lowest BCUT2D eigenvalue weighted by molar-refractivity contribution is -0.144. The third kappa shape index (κ3) is 5.35. The summed E-state index contributed by atoms with van der Waals surface area (Å²) >= 11 is 6.21. The fraction of sp³-hybridized carbons (Fsp3) is 0.344. The summed E-state index contributed by atoms with van der Waals surface area (Å²) in [6.45, 7) is 1.91. The molecule has 1 aliphatic carbocycles. The van der Waals surface area contributed by atoms with Crippen molar-refractivity contribution in [2.45, 2.75) is 57.0 Å². The standard InChI is InChI=1S/C32H32ClFN2O3/c1-19-6-5-9-23(18-19)30(37)27-26(20-12-16-25(34)17-13-20)29(31(35)38)36(32(39)22-7-3-2-4-8-22)28(27)21-10-14-24(33)15-11-21/h5-6,9-18,22,26-29H,2-4,7-8H2,1H3,(H2,35,38). The molecule has 2 N–H and O–H groups in total. The maximum Gasteiger partial charge on any atom is 0.240 e. The Morgan fingerprint density at radius 2 is 1.54 bits per heavy atom. The molecule has 0 bridgehead atoms. The zero-order valence-electron chi connectivity index (χ0n) is 21.9. The lowest BCUT2D eigenvalue weighted by Gasteiger charge is -2.35. The highest BCUT2D eigenvalue weighted by atomic mass is 35.5. The predicted octanol–water partition coefficient (Wildman–Crippen LogP) is 6.39. The molecule has 1 saturated heterocycles. The third-order valence-electron chi connectivity index (χ3n) is 8.24. The first-order valence-corrected chi connectivity index (χ1v) is 13.9. The first kappa shape index (κ1) is 27.1. The Kier molecular flexibility index (Phi) is 7.85. The molecule has 2 aliphatic rings. The van der Waals surface area contributed by atoms with Gasteiger partial charge in [-0.3, -0.25) is 14.4 Å². The van der Waals surface area contributed by atoms with Crippen molar-refractivity contribution in [3.05, 3.63) is 106 Å². The van der Waals surface area contributed by atoms with Crippen LogP contribution in [0.2, 0.25) is 5.02 Å². The summed E-state index contributed by atoms with van der Waals surface area (Å²) < 4.78 is 14.0. The molecule has 2 fully saturated rings. The van der Waals surface area contributed by atoms with E-state index in [9.17, 15) is 18.8 Å². The number of nitrogens with zero attached hydrogens (tertiary/aromatic N) is 1. The van der Waals surface area contributed by atoms with Crippen molar-refractivity contribution in [1.29, 1.82) is 0 Å². The Bertz CT molecular complexity index is 1370. The summed E-state index contributed by atoms with van der Waals surface area (Å²) in [5, 5.41) is 0.519. The molecule has 1 aliphatic heterocycles. The average Bonchev–Trinajstić information content (AvgIpc) is 3.30. The topological polar surface area (TPSA) is 80.5 Å². The van der Waals surface area contributed by atoms with Crippen LogP contribution in [0.15, 0.2) is 72.8 Å². The number of carbonyl (C=O) groups is 3. The fourth-order valence-corrected chi connectivity index (χ4v) is 6.59. The van der Waals surface area contributed by atoms with Gasteiger partial charge in [0, 0.05) is 22.4 Å². The van der Waals surface area contributed by atoms with Crippen LogP contribution in [0.1, 0.15) is 71.1 Å². The van der Waals surface area contributed by atoms with Gasteiger partial charge in [-0.1, -0.05) is 78.9 Å². The summed E-state index contributed by atoms with van der Waals surface area (Å²) in [4.78, 5) is 43.5. The van der Waals surface area contributed by atoms with E-state index in [1.54, 1.807) is 47.4 Å². The minimum Gasteiger partial charge on any atom is -0.368 e. The number of amides is 2. The summed E-state index contributed by atoms with van der Waals surface area (Å²) in [7, 11) is 0. The molecule has 4 unspecified atom stereocenters. The Morgan fingerprint density at radius 3 is 2.15 bits per heavy atom. The summed E-state index contributed by atoms with van der Waals surface area (Å²) in [6, 6.07) is 18.3. The lowest BCUT2D eigenvalue weighted by atomic mass is 9.76. The van der Waals surface area contributed by atoms with Crippen molar-refractivity contribution >= 4 is 29.2 Å². The van der Waals surface area contributed by atoms with Crippen molar-refractivity contribution in [2.75, 3.05) is 0 Å². The highest BCUT2D eigenvalue weighted by Gasteiger charge is 2.57. The number of primary amides is 1. The van der Waals surface area contributed by atoms with Crippen LogP contribution in [0.25, 0.3) is 0 Å². The highest BCUT2D eigenvalue weighted by molar-refractivity contribution is 6.30. The van der Waals surface area contributed by atoms with E-state index in [1.807, 2.05) is 25.1 Å². The molecule has 2 amide bonds. The monoisotopic (exact) mass is 546 g/mol. The second-order valence-corrected chi connectivity index (χ2v) is 11.2. The van der Waals surface area contributed by atoms with E-state index in [2.05, 4.69) is 0 Å². The maximum absolute atomic E-state index is 14.4. The molecule has 0 radical (unpaired) electrons. The Labute approximate surface area is 233 Å². The number of Topliss-reactive ketones (excluding diaryl/α,β-unsaturated/α-hetero) is 1. The minimum absolute atomic E-state index is 0.162. The fourth-order valence-electron chi connectivity index (χ4n) is 6.46. The summed E-state index contributed by atoms with van der Waals surface area (Å²) in [6.07, 6.45) is 4.39. The van der Waals surface area contributed by atoms with Crippen LogP contribution in [0.5, 0.6) is 0 Å². The van der Waals surface area contributed by atoms with Gasteiger partial charge in [-0.25, -0.2) is 4.39 Å². The summed E-state index contributed by atoms with van der Waals surface area (Å²) in [5.74, 6) is -3.32. The van der Waals surface area contributed by atoms with Crippen LogP contribution in [-0.2, 0) is 9.59 Å². The van der Waals surface area contributed by atoms with Gasteiger partial charge in [0.25, 0.3) is 0 Å². The largest absolute Gasteiger partial charge is 0.368 e. The quantitative estimate of drug-likeness (QED) is 0.364. The van der Waals surface area contributed by atoms with E-state index in [-0.39, 0.29) is 17.6 Å². The first-order chi connectivity index (χ1) is 18.8. The van der Waals surface area contributed by atoms with E-state index in [4.69, 9.17) is 17.3 Å². The van der Waals surface area contributed by atoms with Crippen molar-refractivity contribution < 1.29 is 18.8 Å². The molecule has 3 aromatic rings. The third-order valence-corrected chi connectivity index (χ3v) is 8.49. The number of aryl methyl sites for hydroxylation is 1. The molecule has 5 nitrogen and oxygen atoms in total. The van der Waals surface area contributed by atoms with Gasteiger partial charge < -0.3 is 10.6 Å². The zero-order valence-corrected chi connectivity index (χ0v) is 22.6. The van der Waals surface area contributed by atoms with Crippen LogP contribution in [0.4, 0.5) is 4.39 Å². The van der Waals surface area contributed by atoms with Crippen LogP contribution in [0.3, 0.4) is 0 Å². The van der Waals surface area contributed by atoms with Crippen molar-refractivity contribution in [3.63, 3.8) is 0 Å². The van der Waals surface area contributed by atoms with E-state index < -0.39 is 35.6 Å². The molecule has 5 rings (SSSR count). The molecule has 0 aromatic heterocycles. The lowest BCUT2D eigenvalue weighted by Crippen LogP contribution is -2.49. The maximum atomic E-state index is 14.4. The number of rotatable bonds is 6. The molecule has 0 spiro atoms. The van der Waals surface area contributed by atoms with Gasteiger partial charge in [-0.15, -0.1) is 0 Å². The normalized spacial score (nSPS) is 23.5. The Morgan fingerprint density at radius 1 is 0.897 bits per heavy atom. The number of benzene rings is 3. The molecule has 4 atom stereocenters. The van der Waals surface area contributed by atoms with Crippen LogP contribution in [0, 0.1) is 24.6 Å². The van der Waals surface area contributed by atoms with Gasteiger partial charge in [0.05, 0.1) is 12.0 Å². The highest BCUT2D eigenvalue weighted by Crippen LogP contribution is 2.52. The zero-order chi connectivity index (χ0) is 27.7. The van der Waals surface area contributed by atoms with Gasteiger partial charge in [0.2, 0.25) is 11.8 Å². The summed E-state index contributed by atoms with van der Waals surface area (Å²) in [5.41, 5.74) is 8.76. The number of nitrogens with two attached hydrogens (primary N) is 1. The molecular weight excluding hydrogens is 515 g/mol. The average molecular weight is 547 g/mol. The smallest absolute Gasteiger partial charge is 0.240 e. The number of hydrogen-bond acceptors (Lipinski definition) is 3. The molecule has 1 saturated carbocycles. The van der Waals surface area contributed by atoms with Crippen LogP contribution < -0.4 is 5.73 Å². The molecule has 202 valence electrons. The number of ketones is 1. The van der Waals surface area contributed by atoms with Gasteiger partial charge in [-0.05, 0) is 61.2 Å². The van der Waals surface area contributed by atoms with Crippen molar-refractivity contribution in [2.24, 2.45) is 17.6 Å². The Balaban J connectivity index is 1.73. The van der Waals surface area contributed by atoms with Gasteiger partial charge in [-0.2, -0.15) is 0 Å². The van der Waals surface area contributed by atoms with E-state index in [1.165, 1.54) is 12.1 Å². The molecule has 7 heteroatoms. The van der Waals surface area contributed by atoms with Crippen molar-refractivity contribution in [1.82, 2.24) is 4.90 Å². The van der Waals surface area contributed by atoms with E-state index >= 15 is 0 Å². The molecule has 3 aromatic carbocycles. The first-order valence-electron chi connectivity index (χ1n) is 13.5. The SMILES string of the molecule is Cc1cccc(C(=O)C2C(c3ccc(F)cc3)C(C(N)=O)N(C(=O)C3CCCCC3)C2c2ccc(Cl)cc2)c1. The van der Waals surface area contributed by atoms with Crippen LogP contribution >= 0.6 is 11.6 Å². The second kappa shape index (κ2) is 11.3. The molecule has 1 heterocycles. The van der Waals surface area contributed by atoms with Crippen LogP contribution in [-0.4, -0.2) is 28.5 Å². The molecular formula is C32H32ClFN2O3. The number of halogens is 2. The second-order valence-electron chi connectivity index (χ2n) is 10.8. The number of likely N-dealkylation sites (tertiary alicyclic amines) is 1. The Hall–Kier alpha value is -3.51. The van der Waals surface area contributed by atoms with Gasteiger partial charge in [0.1, 0.15) is 11.9 Å². The predicted molar refractivity (Wildman–Crippen MR) is 149 cm³/mol. The van der Waals surface area contributed by atoms with Gasteiger partial charge in [0.15, 0.2) is 5.78 Å². The van der Waals surface area contributed by atoms with E-state index in [0.29, 0.717) is 21.7 Å². The minimum atomic E-state index is -1.08.